The topological polar surface area (TPSA) is 43.4 Å². The number of ether oxygens (including phenoxy) is 1. The van der Waals surface area contributed by atoms with E-state index in [-0.39, 0.29) is 23.0 Å². The van der Waals surface area contributed by atoms with E-state index >= 15 is 0 Å². The number of halogens is 2. The van der Waals surface area contributed by atoms with Crippen molar-refractivity contribution in [1.82, 2.24) is 0 Å². The Morgan fingerprint density at radius 1 is 1.39 bits per heavy atom. The molecule has 3 nitrogen and oxygen atoms in total. The van der Waals surface area contributed by atoms with E-state index in [1.807, 2.05) is 18.2 Å². The SMILES string of the molecule is CCOC(=O)Cc1ccc(C(Br)C(C)=O)c(Br)c1. The van der Waals surface area contributed by atoms with E-state index in [2.05, 4.69) is 31.9 Å². The third kappa shape index (κ3) is 4.21. The fourth-order valence-corrected chi connectivity index (χ4v) is 2.85. The largest absolute Gasteiger partial charge is 0.466 e. The van der Waals surface area contributed by atoms with Crippen molar-refractivity contribution in [1.29, 1.82) is 0 Å². The Kier molecular flexibility index (Phi) is 6.02. The van der Waals surface area contributed by atoms with Crippen molar-refractivity contribution in [3.8, 4) is 0 Å². The van der Waals surface area contributed by atoms with Crippen molar-refractivity contribution >= 4 is 43.6 Å². The Morgan fingerprint density at radius 2 is 2.06 bits per heavy atom. The normalized spacial score (nSPS) is 12.0. The van der Waals surface area contributed by atoms with Gasteiger partial charge in [-0.15, -0.1) is 0 Å². The molecule has 18 heavy (non-hydrogen) atoms. The second-order valence-electron chi connectivity index (χ2n) is 3.81. The third-order valence-electron chi connectivity index (χ3n) is 2.35. The molecule has 0 aliphatic heterocycles. The molecule has 98 valence electrons. The van der Waals surface area contributed by atoms with Crippen molar-refractivity contribution in [3.63, 3.8) is 0 Å². The van der Waals surface area contributed by atoms with E-state index in [9.17, 15) is 9.59 Å². The van der Waals surface area contributed by atoms with Crippen LogP contribution in [0, 0.1) is 0 Å². The van der Waals surface area contributed by atoms with Crippen LogP contribution in [0.15, 0.2) is 22.7 Å². The summed E-state index contributed by atoms with van der Waals surface area (Å²) in [4.78, 5) is 22.3. The lowest BCUT2D eigenvalue weighted by atomic mass is 10.1. The van der Waals surface area contributed by atoms with Gasteiger partial charge < -0.3 is 4.74 Å². The number of hydrogen-bond acceptors (Lipinski definition) is 3. The molecule has 0 aliphatic rings. The maximum absolute atomic E-state index is 11.3. The molecule has 0 spiro atoms. The molecular formula is C13H14Br2O3. The summed E-state index contributed by atoms with van der Waals surface area (Å²) in [6, 6.07) is 5.50. The standard InChI is InChI=1S/C13H14Br2O3/c1-3-18-12(17)7-9-4-5-10(11(14)6-9)13(15)8(2)16/h4-6,13H,3,7H2,1-2H3. The van der Waals surface area contributed by atoms with Crippen molar-refractivity contribution in [3.05, 3.63) is 33.8 Å². The van der Waals surface area contributed by atoms with E-state index in [4.69, 9.17) is 4.74 Å². The summed E-state index contributed by atoms with van der Waals surface area (Å²) < 4.78 is 5.69. The summed E-state index contributed by atoms with van der Waals surface area (Å²) >= 11 is 6.74. The number of alkyl halides is 1. The lowest BCUT2D eigenvalue weighted by Crippen LogP contribution is -2.08. The minimum Gasteiger partial charge on any atom is -0.466 e. The molecule has 0 saturated heterocycles. The maximum atomic E-state index is 11.3. The number of ketones is 1. The molecule has 5 heteroatoms. The highest BCUT2D eigenvalue weighted by atomic mass is 79.9. The zero-order valence-corrected chi connectivity index (χ0v) is 13.4. The number of Topliss-reactive ketones (excluding diaryl/α,β-unsaturated/α-hetero) is 1. The number of carbonyl (C=O) groups excluding carboxylic acids is 2. The molecule has 0 aliphatic carbocycles. The van der Waals surface area contributed by atoms with Gasteiger partial charge >= 0.3 is 5.97 Å². The second-order valence-corrected chi connectivity index (χ2v) is 5.58. The van der Waals surface area contributed by atoms with Gasteiger partial charge in [-0.1, -0.05) is 44.0 Å². The van der Waals surface area contributed by atoms with E-state index in [1.54, 1.807) is 6.92 Å². The molecule has 0 aromatic heterocycles. The fourth-order valence-electron chi connectivity index (χ4n) is 1.48. The Hall–Kier alpha value is -0.680. The molecule has 0 fully saturated rings. The fraction of sp³-hybridized carbons (Fsp3) is 0.385. The van der Waals surface area contributed by atoms with E-state index in [0.717, 1.165) is 15.6 Å². The van der Waals surface area contributed by atoms with Crippen LogP contribution in [-0.4, -0.2) is 18.4 Å². The summed E-state index contributed by atoms with van der Waals surface area (Å²) in [7, 11) is 0. The van der Waals surface area contributed by atoms with Crippen molar-refractivity contribution in [2.75, 3.05) is 6.61 Å². The maximum Gasteiger partial charge on any atom is 0.310 e. The molecular weight excluding hydrogens is 364 g/mol. The van der Waals surface area contributed by atoms with Gasteiger partial charge in [-0.05, 0) is 31.0 Å². The summed E-state index contributed by atoms with van der Waals surface area (Å²) in [6.07, 6.45) is 0.236. The summed E-state index contributed by atoms with van der Waals surface area (Å²) in [5.74, 6) is -0.215. The number of benzene rings is 1. The molecule has 1 aromatic rings. The van der Waals surface area contributed by atoms with Gasteiger partial charge in [-0.2, -0.15) is 0 Å². The highest BCUT2D eigenvalue weighted by Gasteiger charge is 2.16. The summed E-state index contributed by atoms with van der Waals surface area (Å²) in [6.45, 7) is 3.68. The Bertz CT molecular complexity index is 458. The van der Waals surface area contributed by atoms with Gasteiger partial charge in [0.15, 0.2) is 0 Å². The first-order valence-electron chi connectivity index (χ1n) is 5.54. The van der Waals surface area contributed by atoms with Crippen LogP contribution < -0.4 is 0 Å². The molecule has 1 aromatic carbocycles. The first kappa shape index (κ1) is 15.4. The van der Waals surface area contributed by atoms with Crippen molar-refractivity contribution in [2.45, 2.75) is 25.1 Å². The molecule has 1 atom stereocenters. The number of hydrogen-bond donors (Lipinski definition) is 0. The van der Waals surface area contributed by atoms with Crippen molar-refractivity contribution in [2.24, 2.45) is 0 Å². The molecule has 0 heterocycles. The molecule has 0 saturated carbocycles. The summed E-state index contributed by atoms with van der Waals surface area (Å²) in [5, 5.41) is 0. The van der Waals surface area contributed by atoms with Gasteiger partial charge in [-0.3, -0.25) is 9.59 Å². The van der Waals surface area contributed by atoms with Crippen LogP contribution in [0.2, 0.25) is 0 Å². The van der Waals surface area contributed by atoms with Gasteiger partial charge in [-0.25, -0.2) is 0 Å². The van der Waals surface area contributed by atoms with Crippen LogP contribution in [0.1, 0.15) is 29.8 Å². The lowest BCUT2D eigenvalue weighted by molar-refractivity contribution is -0.142. The van der Waals surface area contributed by atoms with E-state index in [1.165, 1.54) is 6.92 Å². The van der Waals surface area contributed by atoms with E-state index in [0.29, 0.717) is 6.61 Å². The van der Waals surface area contributed by atoms with E-state index < -0.39 is 0 Å². The average Bonchev–Trinajstić information content (AvgIpc) is 2.28. The van der Waals surface area contributed by atoms with Gasteiger partial charge in [0.25, 0.3) is 0 Å². The molecule has 0 bridgehead atoms. The van der Waals surface area contributed by atoms with Gasteiger partial charge in [0, 0.05) is 4.47 Å². The quantitative estimate of drug-likeness (QED) is 0.581. The minimum atomic E-state index is -0.330. The van der Waals surface area contributed by atoms with Crippen LogP contribution in [0.5, 0.6) is 0 Å². The molecule has 1 rings (SSSR count). The molecule has 0 N–H and O–H groups in total. The van der Waals surface area contributed by atoms with Crippen LogP contribution in [-0.2, 0) is 20.7 Å². The van der Waals surface area contributed by atoms with Crippen LogP contribution in [0.4, 0.5) is 0 Å². The van der Waals surface area contributed by atoms with Crippen LogP contribution >= 0.6 is 31.9 Å². The number of carbonyl (C=O) groups is 2. The third-order valence-corrected chi connectivity index (χ3v) is 4.17. The Labute approximate surface area is 123 Å². The number of rotatable bonds is 5. The summed E-state index contributed by atoms with van der Waals surface area (Å²) in [5.41, 5.74) is 1.71. The average molecular weight is 378 g/mol. The van der Waals surface area contributed by atoms with Gasteiger partial charge in [0.2, 0.25) is 0 Å². The second kappa shape index (κ2) is 7.04. The Morgan fingerprint density at radius 3 is 2.56 bits per heavy atom. The molecule has 1 unspecified atom stereocenters. The zero-order valence-electron chi connectivity index (χ0n) is 10.2. The predicted octanol–water partition coefficient (Wildman–Crippen LogP) is 3.58. The molecule has 0 radical (unpaired) electrons. The van der Waals surface area contributed by atoms with Crippen LogP contribution in [0.3, 0.4) is 0 Å². The minimum absolute atomic E-state index is 0.0360. The smallest absolute Gasteiger partial charge is 0.310 e. The Balaban J connectivity index is 2.85. The zero-order chi connectivity index (χ0) is 13.7. The van der Waals surface area contributed by atoms with Gasteiger partial charge in [0.1, 0.15) is 5.78 Å². The molecule has 0 amide bonds. The predicted molar refractivity (Wildman–Crippen MR) is 76.8 cm³/mol. The lowest BCUT2D eigenvalue weighted by Gasteiger charge is -2.10. The van der Waals surface area contributed by atoms with Crippen LogP contribution in [0.25, 0.3) is 0 Å². The van der Waals surface area contributed by atoms with Gasteiger partial charge in [0.05, 0.1) is 17.9 Å². The van der Waals surface area contributed by atoms with Crippen molar-refractivity contribution < 1.29 is 14.3 Å². The number of esters is 1. The first-order valence-corrected chi connectivity index (χ1v) is 7.25. The highest BCUT2D eigenvalue weighted by molar-refractivity contribution is 9.11. The monoisotopic (exact) mass is 376 g/mol. The highest BCUT2D eigenvalue weighted by Crippen LogP contribution is 2.31. The first-order chi connectivity index (χ1) is 8.45.